The van der Waals surface area contributed by atoms with Gasteiger partial charge in [-0.1, -0.05) is 237 Å². The molecule has 560 valence electrons. The number of hydrogen-bond acceptors (Lipinski definition) is 19. The lowest BCUT2D eigenvalue weighted by atomic mass is 9.96. The first kappa shape index (κ1) is 77.6. The summed E-state index contributed by atoms with van der Waals surface area (Å²) in [5, 5.41) is 49.3. The van der Waals surface area contributed by atoms with Gasteiger partial charge in [-0.15, -0.1) is 30.6 Å². The summed E-state index contributed by atoms with van der Waals surface area (Å²) in [6.45, 7) is 12.6. The molecule has 7 N–H and O–H groups in total. The number of pyridine rings is 3. The molecule has 0 aliphatic heterocycles. The summed E-state index contributed by atoms with van der Waals surface area (Å²) in [5.41, 5.74) is 21.3. The molecule has 0 spiro atoms. The van der Waals surface area contributed by atoms with Gasteiger partial charge in [-0.25, -0.2) is 14.4 Å². The molecule has 0 bridgehead atoms. The minimum absolute atomic E-state index is 0.106. The van der Waals surface area contributed by atoms with Crippen molar-refractivity contribution in [2.45, 2.75) is 79.5 Å². The number of benzene rings is 9. The highest BCUT2D eigenvalue weighted by Crippen LogP contribution is 2.41. The second-order valence-corrected chi connectivity index (χ2v) is 26.8. The SMILES string of the molecule is CC(C)OC(=O)Cl.CC(C)OC(=O)Nc1cncc(-c2nnc(NCc3ccccc3)c3c(-c4ccccc4)cccc23)c1.CC(C)OC(=O)Nc1cncc(-c2nnc(NCc3ccccc3)c3c(-c4ccccc4)cccc23)c1.Nc1cncc(-c2nnc(NCc3ccccc3)c3c(-c4ccccc4)cccc23)c1. The number of nitrogens with zero attached hydrogens (tertiary/aromatic N) is 9. The largest absolute Gasteiger partial charge is 0.451 e. The van der Waals surface area contributed by atoms with Gasteiger partial charge in [-0.05, 0) is 110 Å². The quantitative estimate of drug-likeness (QED) is 0.0305. The zero-order valence-electron chi connectivity index (χ0n) is 62.5. The molecule has 0 saturated carbocycles. The number of amides is 2. The van der Waals surface area contributed by atoms with Crippen LogP contribution in [0.4, 0.5) is 48.9 Å². The number of nitrogens with one attached hydrogen (secondary N) is 5. The van der Waals surface area contributed by atoms with Gasteiger partial charge in [0.05, 0.1) is 47.8 Å². The molecule has 22 heteroatoms. The van der Waals surface area contributed by atoms with Crippen molar-refractivity contribution in [1.29, 1.82) is 0 Å². The third-order valence-corrected chi connectivity index (χ3v) is 17.2. The zero-order valence-corrected chi connectivity index (χ0v) is 63.3. The van der Waals surface area contributed by atoms with E-state index in [0.29, 0.717) is 59.7 Å². The van der Waals surface area contributed by atoms with Crippen molar-refractivity contribution < 1.29 is 28.6 Å². The first-order chi connectivity index (χ1) is 54.6. The molecule has 0 unspecified atom stereocenters. The van der Waals surface area contributed by atoms with E-state index in [0.717, 1.165) is 105 Å². The summed E-state index contributed by atoms with van der Waals surface area (Å²) in [4.78, 5) is 46.9. The fourth-order valence-corrected chi connectivity index (χ4v) is 12.5. The molecule has 21 nitrogen and oxygen atoms in total. The molecule has 0 fully saturated rings. The van der Waals surface area contributed by atoms with Crippen LogP contribution in [-0.2, 0) is 33.8 Å². The van der Waals surface area contributed by atoms with Crippen LogP contribution in [0.5, 0.6) is 0 Å². The Morgan fingerprint density at radius 3 is 0.920 bits per heavy atom. The lowest BCUT2D eigenvalue weighted by Crippen LogP contribution is -2.18. The van der Waals surface area contributed by atoms with Gasteiger partial charge < -0.3 is 35.9 Å². The number of anilines is 6. The Morgan fingerprint density at radius 1 is 0.339 bits per heavy atom. The molecule has 0 aliphatic rings. The molecule has 112 heavy (non-hydrogen) atoms. The van der Waals surface area contributed by atoms with E-state index >= 15 is 0 Å². The molecule has 0 radical (unpaired) electrons. The average molecular weight is 1510 g/mol. The van der Waals surface area contributed by atoms with Crippen LogP contribution in [0.2, 0.25) is 0 Å². The number of aromatic nitrogens is 9. The highest BCUT2D eigenvalue weighted by molar-refractivity contribution is 6.61. The van der Waals surface area contributed by atoms with E-state index < -0.39 is 17.6 Å². The maximum atomic E-state index is 12.1. The maximum absolute atomic E-state index is 12.1. The van der Waals surface area contributed by atoms with Gasteiger partial charge in [0.2, 0.25) is 0 Å². The van der Waals surface area contributed by atoms with Crippen LogP contribution in [0.3, 0.4) is 0 Å². The highest BCUT2D eigenvalue weighted by Gasteiger charge is 2.21. The van der Waals surface area contributed by atoms with Crippen LogP contribution in [0.1, 0.15) is 58.2 Å². The fourth-order valence-electron chi connectivity index (χ4n) is 12.3. The Balaban J connectivity index is 0.000000150. The molecule has 6 heterocycles. The monoisotopic (exact) mass is 1500 g/mol. The summed E-state index contributed by atoms with van der Waals surface area (Å²) in [6, 6.07) is 85.5. The maximum Gasteiger partial charge on any atom is 0.411 e. The second-order valence-electron chi connectivity index (χ2n) is 26.5. The van der Waals surface area contributed by atoms with Crippen molar-refractivity contribution in [3.8, 4) is 67.2 Å². The van der Waals surface area contributed by atoms with Gasteiger partial charge in [0.1, 0.15) is 17.1 Å². The minimum Gasteiger partial charge on any atom is -0.451 e. The van der Waals surface area contributed by atoms with Gasteiger partial charge >= 0.3 is 17.6 Å². The van der Waals surface area contributed by atoms with Crippen molar-refractivity contribution >= 4 is 96.0 Å². The molecule has 15 rings (SSSR count). The van der Waals surface area contributed by atoms with Crippen molar-refractivity contribution in [3.05, 3.63) is 309 Å². The number of hydrogen-bond donors (Lipinski definition) is 6. The number of carbonyl (C=O) groups excluding carboxylic acids is 3. The van der Waals surface area contributed by atoms with Crippen LogP contribution in [0, 0.1) is 0 Å². The molecular formula is C90H82ClN15O6. The molecule has 15 aromatic rings. The Labute approximate surface area is 654 Å². The van der Waals surface area contributed by atoms with Crippen molar-refractivity contribution in [2.75, 3.05) is 32.3 Å². The third kappa shape index (κ3) is 20.8. The second kappa shape index (κ2) is 38.2. The molecule has 0 atom stereocenters. The van der Waals surface area contributed by atoms with E-state index in [1.54, 1.807) is 78.7 Å². The van der Waals surface area contributed by atoms with E-state index in [1.807, 2.05) is 152 Å². The summed E-state index contributed by atoms with van der Waals surface area (Å²) in [6.07, 6.45) is 8.37. The van der Waals surface area contributed by atoms with Crippen LogP contribution in [-0.4, -0.2) is 81.5 Å². The third-order valence-electron chi connectivity index (χ3n) is 17.1. The van der Waals surface area contributed by atoms with Crippen molar-refractivity contribution in [3.63, 3.8) is 0 Å². The summed E-state index contributed by atoms with van der Waals surface area (Å²) < 4.78 is 14.8. The van der Waals surface area contributed by atoms with Gasteiger partial charge in [0, 0.05) is 105 Å². The van der Waals surface area contributed by atoms with Gasteiger partial charge in [-0.3, -0.25) is 25.6 Å². The number of halogens is 1. The van der Waals surface area contributed by atoms with Gasteiger partial charge in [0.25, 0.3) is 0 Å². The van der Waals surface area contributed by atoms with E-state index in [2.05, 4.69) is 180 Å². The fraction of sp³-hybridized carbons (Fsp3) is 0.133. The number of nitrogens with two attached hydrogens (primary N) is 1. The molecule has 6 aromatic heterocycles. The number of ether oxygens (including phenoxy) is 3. The van der Waals surface area contributed by atoms with Crippen LogP contribution >= 0.6 is 11.6 Å². The number of nitrogen functional groups attached to an aromatic ring is 1. The lowest BCUT2D eigenvalue weighted by molar-refractivity contribution is 0.129. The van der Waals surface area contributed by atoms with E-state index in [1.165, 1.54) is 5.56 Å². The predicted molar refractivity (Wildman–Crippen MR) is 448 cm³/mol. The molecule has 2 amide bonds. The molecule has 0 saturated heterocycles. The van der Waals surface area contributed by atoms with Gasteiger partial charge in [-0.2, -0.15) is 0 Å². The summed E-state index contributed by atoms with van der Waals surface area (Å²) >= 11 is 4.81. The number of carbonyl (C=O) groups is 3. The summed E-state index contributed by atoms with van der Waals surface area (Å²) in [7, 11) is 0. The zero-order chi connectivity index (χ0) is 78.1. The minimum atomic E-state index is -0.741. The first-order valence-electron chi connectivity index (χ1n) is 36.4. The topological polar surface area (TPSA) is 281 Å². The Kier molecular flexibility index (Phi) is 26.4. The van der Waals surface area contributed by atoms with E-state index in [-0.39, 0.29) is 18.3 Å². The standard InChI is InChI=1S/2C30H27N5O2.C26H21N5.C4H7ClO2/c2*1-20(2)37-30(36)33-24-16-23(18-31-19-24)28-26-15-9-14-25(22-12-7-4-8-13-22)27(26)29(35-34-28)32-17-21-10-5-3-6-11-21;27-21-14-20(16-28-17-21)25-23-13-7-12-22(19-10-5-2-6-11-19)24(23)26(31-30-25)29-15-18-8-3-1-4-9-18;1-3(2)7-4(5)6/h2*3-16,18-20H,17H2,1-2H3,(H,32,35)(H,33,36);1-14,16-17H,15,27H2,(H,29,31);3H,1-2H3. The Morgan fingerprint density at radius 2 is 0.634 bits per heavy atom. The van der Waals surface area contributed by atoms with Crippen LogP contribution in [0.25, 0.3) is 99.5 Å². The molecule has 0 aliphatic carbocycles. The van der Waals surface area contributed by atoms with E-state index in [9.17, 15) is 14.4 Å². The first-order valence-corrected chi connectivity index (χ1v) is 36.8. The van der Waals surface area contributed by atoms with Crippen LogP contribution < -0.4 is 32.3 Å². The Bertz CT molecular complexity index is 5430. The van der Waals surface area contributed by atoms with Crippen molar-refractivity contribution in [1.82, 2.24) is 45.5 Å². The molecule has 9 aromatic carbocycles. The predicted octanol–water partition coefficient (Wildman–Crippen LogP) is 21.2. The summed E-state index contributed by atoms with van der Waals surface area (Å²) in [5.74, 6) is 2.15. The number of fused-ring (bicyclic) bond motifs is 3. The molecular weight excluding hydrogens is 1420 g/mol. The normalized spacial score (nSPS) is 10.8. The van der Waals surface area contributed by atoms with E-state index in [4.69, 9.17) is 26.8 Å². The number of rotatable bonds is 20. The highest BCUT2D eigenvalue weighted by atomic mass is 35.5. The van der Waals surface area contributed by atoms with Crippen molar-refractivity contribution in [2.24, 2.45) is 0 Å². The Hall–Kier alpha value is -14.1. The average Bonchev–Trinajstić information content (AvgIpc) is 0.784. The smallest absolute Gasteiger partial charge is 0.411 e. The van der Waals surface area contributed by atoms with Crippen LogP contribution in [0.15, 0.2) is 292 Å². The lowest BCUT2D eigenvalue weighted by Gasteiger charge is -2.15. The van der Waals surface area contributed by atoms with Gasteiger partial charge in [0.15, 0.2) is 17.5 Å².